The molecular formula is C27H39NO5S. The maximum Gasteiger partial charge on any atom is 0.309 e. The normalized spacial score (nSPS) is 32.6. The highest BCUT2D eigenvalue weighted by Crippen LogP contribution is 2.31. The summed E-state index contributed by atoms with van der Waals surface area (Å²) in [7, 11) is 0. The third-order valence-corrected chi connectivity index (χ3v) is 7.44. The summed E-state index contributed by atoms with van der Waals surface area (Å²) in [6.45, 7) is 12.6. The number of ketones is 1. The van der Waals surface area contributed by atoms with E-state index < -0.39 is 35.6 Å². The van der Waals surface area contributed by atoms with Crippen LogP contribution in [0, 0.1) is 24.2 Å². The molecule has 2 heterocycles. The molecule has 2 rings (SSSR count). The van der Waals surface area contributed by atoms with Gasteiger partial charge >= 0.3 is 5.97 Å². The first-order chi connectivity index (χ1) is 15.8. The van der Waals surface area contributed by atoms with Crippen LogP contribution < -0.4 is 0 Å². The number of hydrogen-bond acceptors (Lipinski definition) is 7. The van der Waals surface area contributed by atoms with Crippen molar-refractivity contribution in [2.75, 3.05) is 0 Å². The number of aromatic nitrogens is 1. The molecule has 2 N–H and O–H groups in total. The molecule has 6 nitrogen and oxygen atoms in total. The zero-order valence-corrected chi connectivity index (χ0v) is 22.2. The fourth-order valence-corrected chi connectivity index (χ4v) is 4.62. The highest BCUT2D eigenvalue weighted by Gasteiger charge is 2.42. The van der Waals surface area contributed by atoms with Crippen LogP contribution >= 0.6 is 11.3 Å². The monoisotopic (exact) mass is 489 g/mol. The summed E-state index contributed by atoms with van der Waals surface area (Å²) < 4.78 is 5.79. The molecule has 34 heavy (non-hydrogen) atoms. The molecular weight excluding hydrogens is 450 g/mol. The van der Waals surface area contributed by atoms with Gasteiger partial charge in [-0.1, -0.05) is 51.5 Å². The van der Waals surface area contributed by atoms with Gasteiger partial charge in [0.05, 0.1) is 34.7 Å². The van der Waals surface area contributed by atoms with E-state index in [0.29, 0.717) is 12.8 Å². The Morgan fingerprint density at radius 2 is 1.91 bits per heavy atom. The van der Waals surface area contributed by atoms with Crippen LogP contribution in [0.5, 0.6) is 0 Å². The Hall–Kier alpha value is -2.09. The lowest BCUT2D eigenvalue weighted by molar-refractivity contribution is -0.154. The number of aliphatic hydroxyl groups is 2. The van der Waals surface area contributed by atoms with Crippen molar-refractivity contribution in [2.24, 2.45) is 17.3 Å². The number of Topliss-reactive ketones (excluding diaryl/α,β-unsaturated/α-hetero) is 1. The summed E-state index contributed by atoms with van der Waals surface area (Å²) in [6, 6.07) is 0. The number of cyclic esters (lactones) is 1. The number of carbonyl (C=O) groups excluding carboxylic acids is 2. The minimum absolute atomic E-state index is 0.225. The summed E-state index contributed by atoms with van der Waals surface area (Å²) in [6.07, 6.45) is 6.13. The van der Waals surface area contributed by atoms with Crippen LogP contribution in [0.1, 0.15) is 71.5 Å². The summed E-state index contributed by atoms with van der Waals surface area (Å²) >= 11 is 1.56. The zero-order valence-electron chi connectivity index (χ0n) is 21.4. The second kappa shape index (κ2) is 12.0. The van der Waals surface area contributed by atoms with Crippen molar-refractivity contribution < 1.29 is 24.5 Å². The molecule has 0 aliphatic carbocycles. The van der Waals surface area contributed by atoms with Crippen molar-refractivity contribution in [2.45, 2.75) is 86.0 Å². The Bertz CT molecular complexity index is 958. The molecule has 2 unspecified atom stereocenters. The number of thiazole rings is 1. The van der Waals surface area contributed by atoms with E-state index >= 15 is 0 Å². The van der Waals surface area contributed by atoms with E-state index in [9.17, 15) is 19.8 Å². The predicted molar refractivity (Wildman–Crippen MR) is 136 cm³/mol. The largest absolute Gasteiger partial charge is 0.457 e. The number of aryl methyl sites for hydroxylation is 1. The minimum Gasteiger partial charge on any atom is -0.457 e. The molecule has 1 aliphatic rings. The molecule has 1 aliphatic heterocycles. The summed E-state index contributed by atoms with van der Waals surface area (Å²) in [5.74, 6) is -1.77. The van der Waals surface area contributed by atoms with Gasteiger partial charge in [-0.05, 0) is 38.8 Å². The fourth-order valence-electron chi connectivity index (χ4n) is 4.05. The molecule has 1 aromatic rings. The first kappa shape index (κ1) is 28.1. The van der Waals surface area contributed by atoms with Crippen molar-refractivity contribution in [1.29, 1.82) is 0 Å². The van der Waals surface area contributed by atoms with Crippen LogP contribution in [0.2, 0.25) is 0 Å². The van der Waals surface area contributed by atoms with E-state index in [1.807, 2.05) is 57.4 Å². The van der Waals surface area contributed by atoms with Gasteiger partial charge in [-0.2, -0.15) is 0 Å². The Morgan fingerprint density at radius 3 is 2.53 bits per heavy atom. The SMILES string of the molecule is C/C1=C/C[C@@H](/C(C)=C/c2csc(C)n2)OC(=O)C[C@H](O)C(C)(C)C(=O)[C@H](C)C(O)C(C)/C=C/C1. The Balaban J connectivity index is 2.37. The van der Waals surface area contributed by atoms with E-state index in [2.05, 4.69) is 4.98 Å². The first-order valence-electron chi connectivity index (χ1n) is 11.9. The van der Waals surface area contributed by atoms with Gasteiger partial charge in [0.2, 0.25) is 0 Å². The zero-order chi connectivity index (χ0) is 25.6. The van der Waals surface area contributed by atoms with E-state index in [4.69, 9.17) is 4.74 Å². The molecule has 0 amide bonds. The third kappa shape index (κ3) is 7.45. The van der Waals surface area contributed by atoms with Gasteiger partial charge in [0.1, 0.15) is 11.9 Å². The standard InChI is InChI=1S/C27H39NO5S/c1-16-9-8-10-17(2)25(31)19(4)26(32)27(6,7)23(29)14-24(30)33-22(12-11-16)18(3)13-21-15-34-20(5)28-21/h8,10-11,13,15,17,19,22-23,25,29,31H,9,12,14H2,1-7H3/b10-8+,16-11-,18-13+/t17?,19-,22+,23+,25?/m1/s1. The molecule has 0 saturated carbocycles. The van der Waals surface area contributed by atoms with Crippen molar-refractivity contribution in [3.8, 4) is 0 Å². The number of rotatable bonds is 2. The number of allylic oxidation sites excluding steroid dienone is 2. The number of nitrogens with zero attached hydrogens (tertiary/aromatic N) is 1. The van der Waals surface area contributed by atoms with E-state index in [1.165, 1.54) is 0 Å². The van der Waals surface area contributed by atoms with E-state index in [0.717, 1.165) is 21.8 Å². The number of esters is 1. The second-order valence-electron chi connectivity index (χ2n) is 10.0. The van der Waals surface area contributed by atoms with Crippen LogP contribution in [-0.2, 0) is 14.3 Å². The molecule has 0 spiro atoms. The molecule has 0 aromatic carbocycles. The lowest BCUT2D eigenvalue weighted by Gasteiger charge is -2.34. The Morgan fingerprint density at radius 1 is 1.24 bits per heavy atom. The van der Waals surface area contributed by atoms with Gasteiger partial charge < -0.3 is 14.9 Å². The van der Waals surface area contributed by atoms with Gasteiger partial charge in [-0.3, -0.25) is 9.59 Å². The molecule has 0 fully saturated rings. The maximum atomic E-state index is 13.1. The molecule has 0 radical (unpaired) electrons. The highest BCUT2D eigenvalue weighted by molar-refractivity contribution is 7.09. The average molecular weight is 490 g/mol. The molecule has 1 aromatic heterocycles. The minimum atomic E-state index is -1.23. The smallest absolute Gasteiger partial charge is 0.309 e. The number of carbonyl (C=O) groups is 2. The van der Waals surface area contributed by atoms with Crippen LogP contribution in [-0.4, -0.2) is 45.3 Å². The molecule has 5 atom stereocenters. The van der Waals surface area contributed by atoms with Crippen molar-refractivity contribution in [3.63, 3.8) is 0 Å². The predicted octanol–water partition coefficient (Wildman–Crippen LogP) is 5.04. The lowest BCUT2D eigenvalue weighted by Crippen LogP contribution is -2.45. The van der Waals surface area contributed by atoms with E-state index in [1.54, 1.807) is 32.1 Å². The van der Waals surface area contributed by atoms with Gasteiger partial charge in [-0.15, -0.1) is 11.3 Å². The lowest BCUT2D eigenvalue weighted by atomic mass is 9.73. The second-order valence-corrected chi connectivity index (χ2v) is 11.1. The van der Waals surface area contributed by atoms with Gasteiger partial charge in [-0.25, -0.2) is 4.98 Å². The summed E-state index contributed by atoms with van der Waals surface area (Å²) in [5, 5.41) is 24.4. The van der Waals surface area contributed by atoms with Crippen LogP contribution in [0.15, 0.2) is 34.8 Å². The Labute approximate surface area is 207 Å². The van der Waals surface area contributed by atoms with Gasteiger partial charge in [0.15, 0.2) is 0 Å². The molecule has 0 saturated heterocycles. The third-order valence-electron chi connectivity index (χ3n) is 6.65. The molecule has 188 valence electrons. The molecule has 7 heteroatoms. The average Bonchev–Trinajstić information content (AvgIpc) is 3.18. The van der Waals surface area contributed by atoms with Crippen molar-refractivity contribution >= 4 is 29.2 Å². The summed E-state index contributed by atoms with van der Waals surface area (Å²) in [4.78, 5) is 30.4. The van der Waals surface area contributed by atoms with Crippen molar-refractivity contribution in [3.05, 3.63) is 45.5 Å². The topological polar surface area (TPSA) is 96.7 Å². The number of hydrogen-bond donors (Lipinski definition) is 2. The van der Waals surface area contributed by atoms with Crippen LogP contribution in [0.25, 0.3) is 6.08 Å². The fraction of sp³-hybridized carbons (Fsp3) is 0.593. The van der Waals surface area contributed by atoms with E-state index in [-0.39, 0.29) is 18.1 Å². The van der Waals surface area contributed by atoms with Crippen molar-refractivity contribution in [1.82, 2.24) is 4.98 Å². The first-order valence-corrected chi connectivity index (χ1v) is 12.7. The van der Waals surface area contributed by atoms with Crippen LogP contribution in [0.3, 0.4) is 0 Å². The Kier molecular flexibility index (Phi) is 9.97. The molecule has 0 bridgehead atoms. The van der Waals surface area contributed by atoms with Gasteiger partial charge in [0.25, 0.3) is 0 Å². The number of ether oxygens (including phenoxy) is 1. The highest BCUT2D eigenvalue weighted by atomic mass is 32.1. The van der Waals surface area contributed by atoms with Gasteiger partial charge in [0, 0.05) is 23.6 Å². The maximum absolute atomic E-state index is 13.1. The number of aliphatic hydroxyl groups excluding tert-OH is 2. The van der Waals surface area contributed by atoms with Crippen LogP contribution in [0.4, 0.5) is 0 Å². The quantitative estimate of drug-likeness (QED) is 0.446. The summed E-state index contributed by atoms with van der Waals surface area (Å²) in [5.41, 5.74) is 1.57.